The molecule has 3 aromatic rings. The summed E-state index contributed by atoms with van der Waals surface area (Å²) >= 11 is 1.37. The van der Waals surface area contributed by atoms with Crippen LogP contribution in [0, 0.1) is 11.3 Å². The van der Waals surface area contributed by atoms with Crippen LogP contribution in [0.15, 0.2) is 34.9 Å². The number of rotatable bonds is 5. The fourth-order valence-electron chi connectivity index (χ4n) is 5.45. The van der Waals surface area contributed by atoms with Gasteiger partial charge in [0.1, 0.15) is 23.1 Å². The predicted molar refractivity (Wildman–Crippen MR) is 139 cm³/mol. The quantitative estimate of drug-likeness (QED) is 0.491. The highest BCUT2D eigenvalue weighted by atomic mass is 32.1. The van der Waals surface area contributed by atoms with Gasteiger partial charge in [-0.3, -0.25) is 9.59 Å². The van der Waals surface area contributed by atoms with E-state index in [1.807, 2.05) is 45.0 Å². The van der Waals surface area contributed by atoms with Crippen molar-refractivity contribution in [1.82, 2.24) is 19.4 Å². The lowest BCUT2D eigenvalue weighted by atomic mass is 9.68. The Kier molecular flexibility index (Phi) is 6.82. The minimum Gasteiger partial charge on any atom is -0.344 e. The number of amides is 1. The molecule has 9 nitrogen and oxygen atoms in total. The fraction of sp³-hybridized carbons (Fsp3) is 0.481. The molecule has 1 unspecified atom stereocenters. The molecular formula is C27H30N6O3S. The maximum absolute atomic E-state index is 13.5. The van der Waals surface area contributed by atoms with E-state index in [4.69, 9.17) is 13.9 Å². The standard InChI is InChI=1S/C27H30N6O3S/c1-17(2)23-22(21(15-28)36-30-23)24(35)33-14-13-32(16-18(33)3)26-29-25(31-37-26)27(11-9-20(34)10-12-27)19-7-5-4-6-8-19/h4-8,17-18H,9-14,16H2,1-3H3. The van der Waals surface area contributed by atoms with Crippen molar-refractivity contribution in [3.05, 3.63) is 58.7 Å². The van der Waals surface area contributed by atoms with Crippen LogP contribution < -0.4 is 4.90 Å². The van der Waals surface area contributed by atoms with E-state index in [2.05, 4.69) is 22.2 Å². The summed E-state index contributed by atoms with van der Waals surface area (Å²) in [5.41, 5.74) is 1.58. The molecule has 1 atom stereocenters. The highest BCUT2D eigenvalue weighted by Gasteiger charge is 2.42. The third-order valence-electron chi connectivity index (χ3n) is 7.57. The van der Waals surface area contributed by atoms with E-state index in [-0.39, 0.29) is 34.6 Å². The Morgan fingerprint density at radius 2 is 1.95 bits per heavy atom. The summed E-state index contributed by atoms with van der Waals surface area (Å²) in [4.78, 5) is 34.5. The third-order valence-corrected chi connectivity index (χ3v) is 8.35. The summed E-state index contributed by atoms with van der Waals surface area (Å²) in [6.45, 7) is 7.54. The average molecular weight is 519 g/mol. The van der Waals surface area contributed by atoms with E-state index in [9.17, 15) is 14.9 Å². The molecule has 10 heteroatoms. The highest BCUT2D eigenvalue weighted by Crippen LogP contribution is 2.44. The van der Waals surface area contributed by atoms with Gasteiger partial charge in [-0.2, -0.15) is 9.64 Å². The first-order valence-electron chi connectivity index (χ1n) is 12.7. The number of nitrogens with zero attached hydrogens (tertiary/aromatic N) is 6. The molecule has 0 radical (unpaired) electrons. The zero-order chi connectivity index (χ0) is 26.2. The van der Waals surface area contributed by atoms with Gasteiger partial charge in [-0.25, -0.2) is 4.98 Å². The SMILES string of the molecule is CC(C)c1noc(C#N)c1C(=O)N1CCN(c2nc(C3(c4ccccc4)CCC(=O)CC3)ns2)CC1C. The third kappa shape index (κ3) is 4.53. The van der Waals surface area contributed by atoms with Crippen molar-refractivity contribution in [2.45, 2.75) is 63.8 Å². The number of ketones is 1. The highest BCUT2D eigenvalue weighted by molar-refractivity contribution is 7.09. The van der Waals surface area contributed by atoms with Gasteiger partial charge in [0, 0.05) is 50.1 Å². The molecule has 1 amide bonds. The lowest BCUT2D eigenvalue weighted by molar-refractivity contribution is -0.121. The summed E-state index contributed by atoms with van der Waals surface area (Å²) in [5, 5.41) is 14.3. The molecular weight excluding hydrogens is 488 g/mol. The van der Waals surface area contributed by atoms with Crippen molar-refractivity contribution in [3.8, 4) is 6.07 Å². The lowest BCUT2D eigenvalue weighted by Gasteiger charge is -2.39. The van der Waals surface area contributed by atoms with Gasteiger partial charge in [0.2, 0.25) is 10.9 Å². The molecule has 1 saturated heterocycles. The van der Waals surface area contributed by atoms with Crippen molar-refractivity contribution in [1.29, 1.82) is 5.26 Å². The molecule has 5 rings (SSSR count). The van der Waals surface area contributed by atoms with Crippen molar-refractivity contribution < 1.29 is 14.1 Å². The number of carbonyl (C=O) groups excluding carboxylic acids is 2. The molecule has 192 valence electrons. The average Bonchev–Trinajstić information content (AvgIpc) is 3.58. The van der Waals surface area contributed by atoms with Gasteiger partial charge in [0.05, 0.1) is 5.41 Å². The molecule has 3 heterocycles. The molecule has 2 aromatic heterocycles. The number of anilines is 1. The summed E-state index contributed by atoms with van der Waals surface area (Å²) in [5.74, 6) is 0.788. The Morgan fingerprint density at radius 3 is 2.59 bits per heavy atom. The number of benzene rings is 1. The minimum atomic E-state index is -0.359. The van der Waals surface area contributed by atoms with Gasteiger partial charge in [0.25, 0.3) is 5.91 Å². The number of hydrogen-bond donors (Lipinski definition) is 0. The monoisotopic (exact) mass is 518 g/mol. The van der Waals surface area contributed by atoms with Crippen molar-refractivity contribution in [2.75, 3.05) is 24.5 Å². The second kappa shape index (κ2) is 10.1. The molecule has 1 aliphatic carbocycles. The van der Waals surface area contributed by atoms with E-state index in [0.717, 1.165) is 16.5 Å². The van der Waals surface area contributed by atoms with E-state index in [1.54, 1.807) is 4.90 Å². The number of Topliss-reactive ketones (excluding diaryl/α,β-unsaturated/α-hetero) is 1. The first-order chi connectivity index (χ1) is 17.8. The number of nitriles is 1. The topological polar surface area (TPSA) is 116 Å². The van der Waals surface area contributed by atoms with Gasteiger partial charge in [0.15, 0.2) is 5.82 Å². The minimum absolute atomic E-state index is 0.0331. The largest absolute Gasteiger partial charge is 0.344 e. The Labute approximate surface area is 220 Å². The maximum atomic E-state index is 13.5. The predicted octanol–water partition coefficient (Wildman–Crippen LogP) is 4.30. The van der Waals surface area contributed by atoms with Crippen LogP contribution in [0.3, 0.4) is 0 Å². The summed E-state index contributed by atoms with van der Waals surface area (Å²) in [6, 6.07) is 12.1. The molecule has 2 fully saturated rings. The smallest absolute Gasteiger partial charge is 0.260 e. The number of piperazine rings is 1. The molecule has 0 spiro atoms. The second-order valence-electron chi connectivity index (χ2n) is 10.2. The molecule has 2 aliphatic rings. The number of carbonyl (C=O) groups is 2. The van der Waals surface area contributed by atoms with Crippen molar-refractivity contribution in [3.63, 3.8) is 0 Å². The Balaban J connectivity index is 1.36. The van der Waals surface area contributed by atoms with E-state index >= 15 is 0 Å². The van der Waals surface area contributed by atoms with Crippen LogP contribution in [-0.2, 0) is 10.2 Å². The Bertz CT molecular complexity index is 1330. The zero-order valence-corrected chi connectivity index (χ0v) is 22.1. The zero-order valence-electron chi connectivity index (χ0n) is 21.3. The van der Waals surface area contributed by atoms with Crippen LogP contribution in [0.1, 0.15) is 85.6 Å². The first kappa shape index (κ1) is 25.1. The van der Waals surface area contributed by atoms with Gasteiger partial charge in [-0.1, -0.05) is 49.3 Å². The Morgan fingerprint density at radius 1 is 1.22 bits per heavy atom. The van der Waals surface area contributed by atoms with Crippen LogP contribution in [0.4, 0.5) is 5.13 Å². The van der Waals surface area contributed by atoms with E-state index in [0.29, 0.717) is 56.8 Å². The van der Waals surface area contributed by atoms with Gasteiger partial charge in [-0.05, 0) is 31.2 Å². The summed E-state index contributed by atoms with van der Waals surface area (Å²) in [7, 11) is 0. The van der Waals surface area contributed by atoms with Crippen LogP contribution >= 0.6 is 11.5 Å². The fourth-order valence-corrected chi connectivity index (χ4v) is 6.24. The lowest BCUT2D eigenvalue weighted by Crippen LogP contribution is -2.54. The number of hydrogen-bond acceptors (Lipinski definition) is 9. The van der Waals surface area contributed by atoms with Crippen LogP contribution in [0.25, 0.3) is 0 Å². The Hall–Kier alpha value is -3.58. The summed E-state index contributed by atoms with van der Waals surface area (Å²) in [6.07, 6.45) is 2.49. The number of aromatic nitrogens is 3. The normalized spacial score (nSPS) is 19.8. The van der Waals surface area contributed by atoms with Crippen LogP contribution in [-0.4, -0.2) is 56.8 Å². The van der Waals surface area contributed by atoms with E-state index < -0.39 is 0 Å². The molecule has 0 N–H and O–H groups in total. The molecule has 1 saturated carbocycles. The molecule has 1 aliphatic heterocycles. The maximum Gasteiger partial charge on any atom is 0.260 e. The molecule has 0 bridgehead atoms. The van der Waals surface area contributed by atoms with Crippen LogP contribution in [0.5, 0.6) is 0 Å². The van der Waals surface area contributed by atoms with Gasteiger partial charge in [-0.15, -0.1) is 0 Å². The van der Waals surface area contributed by atoms with Crippen molar-refractivity contribution in [2.24, 2.45) is 0 Å². The molecule has 37 heavy (non-hydrogen) atoms. The summed E-state index contributed by atoms with van der Waals surface area (Å²) < 4.78 is 9.95. The molecule has 1 aromatic carbocycles. The van der Waals surface area contributed by atoms with E-state index in [1.165, 1.54) is 11.5 Å². The van der Waals surface area contributed by atoms with Crippen LogP contribution in [0.2, 0.25) is 0 Å². The van der Waals surface area contributed by atoms with Gasteiger partial charge < -0.3 is 14.3 Å². The van der Waals surface area contributed by atoms with Gasteiger partial charge >= 0.3 is 0 Å². The second-order valence-corrected chi connectivity index (χ2v) is 10.9. The first-order valence-corrected chi connectivity index (χ1v) is 13.5. The van der Waals surface area contributed by atoms with Crippen molar-refractivity contribution >= 4 is 28.4 Å².